The molecule has 5 nitrogen and oxygen atoms in total. The van der Waals surface area contributed by atoms with Gasteiger partial charge in [-0.15, -0.1) is 5.10 Å². The number of nitrogens with two attached hydrogens (primary N) is 2. The fraction of sp³-hybridized carbons (Fsp3) is 0. The molecule has 9 heavy (non-hydrogen) atoms. The highest BCUT2D eigenvalue weighted by Crippen LogP contribution is 1.92. The summed E-state index contributed by atoms with van der Waals surface area (Å²) >= 11 is 0. The first-order chi connectivity index (χ1) is 4.20. The average Bonchev–Trinajstić information content (AvgIpc) is 2.14. The van der Waals surface area contributed by atoms with Gasteiger partial charge in [-0.2, -0.15) is 0 Å². The maximum atomic E-state index is 6.87. The highest BCUT2D eigenvalue weighted by molar-refractivity contribution is 5.76. The van der Waals surface area contributed by atoms with Crippen molar-refractivity contribution < 1.29 is 0 Å². The lowest BCUT2D eigenvalue weighted by Crippen LogP contribution is -2.20. The van der Waals surface area contributed by atoms with Crippen LogP contribution in [0.2, 0.25) is 0 Å². The van der Waals surface area contributed by atoms with Crippen LogP contribution in [-0.2, 0) is 0 Å². The Hall–Kier alpha value is -1.52. The molecular formula is C4H7N5. The van der Waals surface area contributed by atoms with Gasteiger partial charge in [0.05, 0.1) is 0 Å². The van der Waals surface area contributed by atoms with Crippen LogP contribution in [0.4, 0.5) is 5.82 Å². The summed E-state index contributed by atoms with van der Waals surface area (Å²) in [5.74, 6) is 0.233. The highest BCUT2D eigenvalue weighted by Gasteiger charge is 1.93. The summed E-state index contributed by atoms with van der Waals surface area (Å²) in [6.07, 6.45) is 1.53. The van der Waals surface area contributed by atoms with Crippen LogP contribution in [0.15, 0.2) is 12.3 Å². The lowest BCUT2D eigenvalue weighted by atomic mass is 10.7. The van der Waals surface area contributed by atoms with E-state index in [0.29, 0.717) is 5.82 Å². The molecule has 5 N–H and O–H groups in total. The molecule has 1 heterocycles. The average molecular weight is 125 g/mol. The zero-order valence-electron chi connectivity index (χ0n) is 4.70. The minimum atomic E-state index is -0.133. The fourth-order valence-electron chi connectivity index (χ4n) is 0.472. The van der Waals surface area contributed by atoms with E-state index in [4.69, 9.17) is 16.9 Å². The van der Waals surface area contributed by atoms with Gasteiger partial charge in [0.2, 0.25) is 5.96 Å². The van der Waals surface area contributed by atoms with E-state index in [1.807, 2.05) is 0 Å². The van der Waals surface area contributed by atoms with Crippen molar-refractivity contribution in [2.75, 3.05) is 5.73 Å². The van der Waals surface area contributed by atoms with Gasteiger partial charge in [0.1, 0.15) is 5.82 Å². The van der Waals surface area contributed by atoms with Gasteiger partial charge in [-0.25, -0.2) is 4.68 Å². The standard InChI is InChI=1S/C4H7N5/c5-3-1-2-9(8-3)4(6)7/h1-2H,(H2,5,8)(H3,6,7). The van der Waals surface area contributed by atoms with E-state index in [2.05, 4.69) is 5.10 Å². The van der Waals surface area contributed by atoms with Gasteiger partial charge in [0, 0.05) is 12.3 Å². The van der Waals surface area contributed by atoms with Crippen LogP contribution in [0.3, 0.4) is 0 Å². The Kier molecular flexibility index (Phi) is 1.11. The molecule has 0 spiro atoms. The maximum Gasteiger partial charge on any atom is 0.213 e. The quantitative estimate of drug-likeness (QED) is 0.313. The van der Waals surface area contributed by atoms with Crippen LogP contribution >= 0.6 is 0 Å². The summed E-state index contributed by atoms with van der Waals surface area (Å²) in [4.78, 5) is 0. The predicted octanol–water partition coefficient (Wildman–Crippen LogP) is -0.793. The number of hydrogen-bond donors (Lipinski definition) is 3. The zero-order chi connectivity index (χ0) is 6.85. The molecule has 48 valence electrons. The third-order valence-corrected chi connectivity index (χ3v) is 0.857. The second-order valence-electron chi connectivity index (χ2n) is 1.57. The van der Waals surface area contributed by atoms with E-state index in [0.717, 1.165) is 0 Å². The first kappa shape index (κ1) is 5.61. The molecule has 1 aromatic heterocycles. The molecule has 0 aliphatic rings. The molecular weight excluding hydrogens is 118 g/mol. The second kappa shape index (κ2) is 1.77. The van der Waals surface area contributed by atoms with E-state index in [1.54, 1.807) is 6.07 Å². The molecule has 0 bridgehead atoms. The minimum absolute atomic E-state index is 0.133. The monoisotopic (exact) mass is 125 g/mol. The molecule has 0 saturated heterocycles. The Bertz CT molecular complexity index is 225. The number of nitrogens with one attached hydrogen (secondary N) is 1. The fourth-order valence-corrected chi connectivity index (χ4v) is 0.472. The van der Waals surface area contributed by atoms with Crippen LogP contribution in [-0.4, -0.2) is 15.7 Å². The van der Waals surface area contributed by atoms with Gasteiger partial charge >= 0.3 is 0 Å². The Morgan fingerprint density at radius 2 is 2.44 bits per heavy atom. The van der Waals surface area contributed by atoms with E-state index in [9.17, 15) is 0 Å². The van der Waals surface area contributed by atoms with Gasteiger partial charge in [0.25, 0.3) is 0 Å². The highest BCUT2D eigenvalue weighted by atomic mass is 15.3. The Morgan fingerprint density at radius 3 is 2.67 bits per heavy atom. The van der Waals surface area contributed by atoms with E-state index in [-0.39, 0.29) is 5.96 Å². The molecule has 1 rings (SSSR count). The molecule has 0 aromatic carbocycles. The molecule has 1 aromatic rings. The molecule has 0 amide bonds. The molecule has 0 fully saturated rings. The first-order valence-corrected chi connectivity index (χ1v) is 2.35. The summed E-state index contributed by atoms with van der Waals surface area (Å²) < 4.78 is 1.19. The number of hydrogen-bond acceptors (Lipinski definition) is 3. The van der Waals surface area contributed by atoms with Crippen LogP contribution in [0.1, 0.15) is 0 Å². The molecule has 0 radical (unpaired) electrons. The van der Waals surface area contributed by atoms with Crippen molar-refractivity contribution in [1.82, 2.24) is 9.78 Å². The van der Waals surface area contributed by atoms with Crippen molar-refractivity contribution in [1.29, 1.82) is 5.41 Å². The first-order valence-electron chi connectivity index (χ1n) is 2.35. The third-order valence-electron chi connectivity index (χ3n) is 0.857. The largest absolute Gasteiger partial charge is 0.382 e. The van der Waals surface area contributed by atoms with Crippen LogP contribution in [0.5, 0.6) is 0 Å². The molecule has 0 saturated carbocycles. The lowest BCUT2D eigenvalue weighted by molar-refractivity contribution is 0.917. The van der Waals surface area contributed by atoms with Gasteiger partial charge in [-0.05, 0) is 0 Å². The van der Waals surface area contributed by atoms with Gasteiger partial charge in [-0.3, -0.25) is 5.41 Å². The maximum absolute atomic E-state index is 6.87. The third kappa shape index (κ3) is 0.987. The van der Waals surface area contributed by atoms with E-state index < -0.39 is 0 Å². The molecule has 0 aliphatic carbocycles. The summed E-state index contributed by atoms with van der Waals surface area (Å²) in [6, 6.07) is 1.57. The minimum Gasteiger partial charge on any atom is -0.382 e. The lowest BCUT2D eigenvalue weighted by Gasteiger charge is -1.91. The number of nitrogen functional groups attached to an aromatic ring is 2. The second-order valence-corrected chi connectivity index (χ2v) is 1.57. The van der Waals surface area contributed by atoms with Gasteiger partial charge < -0.3 is 11.5 Å². The van der Waals surface area contributed by atoms with E-state index >= 15 is 0 Å². The molecule has 0 atom stereocenters. The van der Waals surface area contributed by atoms with Crippen molar-refractivity contribution in [3.05, 3.63) is 12.3 Å². The number of rotatable bonds is 0. The van der Waals surface area contributed by atoms with E-state index in [1.165, 1.54) is 10.9 Å². The SMILES string of the molecule is N=C(N)n1ccc(N)n1. The summed E-state index contributed by atoms with van der Waals surface area (Å²) in [5.41, 5.74) is 10.3. The topological polar surface area (TPSA) is 93.7 Å². The molecule has 0 aliphatic heterocycles. The van der Waals surface area contributed by atoms with Crippen molar-refractivity contribution in [2.24, 2.45) is 5.73 Å². The Morgan fingerprint density at radius 1 is 1.78 bits per heavy atom. The molecule has 0 unspecified atom stereocenters. The van der Waals surface area contributed by atoms with Gasteiger partial charge in [0.15, 0.2) is 0 Å². The Balaban J connectivity index is 2.98. The van der Waals surface area contributed by atoms with Crippen LogP contribution in [0.25, 0.3) is 0 Å². The van der Waals surface area contributed by atoms with Crippen molar-refractivity contribution in [3.8, 4) is 0 Å². The summed E-state index contributed by atoms with van der Waals surface area (Å²) in [5, 5.41) is 10.5. The zero-order valence-corrected chi connectivity index (χ0v) is 4.70. The smallest absolute Gasteiger partial charge is 0.213 e. The van der Waals surface area contributed by atoms with Crippen LogP contribution in [0, 0.1) is 5.41 Å². The van der Waals surface area contributed by atoms with Crippen molar-refractivity contribution in [2.45, 2.75) is 0 Å². The summed E-state index contributed by atoms with van der Waals surface area (Å²) in [6.45, 7) is 0. The normalized spacial score (nSPS) is 9.33. The molecule has 5 heteroatoms. The van der Waals surface area contributed by atoms with Crippen LogP contribution < -0.4 is 11.5 Å². The number of nitrogens with zero attached hydrogens (tertiary/aromatic N) is 2. The summed E-state index contributed by atoms with van der Waals surface area (Å²) in [7, 11) is 0. The van der Waals surface area contributed by atoms with Gasteiger partial charge in [-0.1, -0.05) is 0 Å². The number of anilines is 1. The Labute approximate surface area is 51.8 Å². The van der Waals surface area contributed by atoms with Crippen molar-refractivity contribution >= 4 is 11.8 Å². The predicted molar refractivity (Wildman–Crippen MR) is 34.0 cm³/mol. The van der Waals surface area contributed by atoms with Crippen molar-refractivity contribution in [3.63, 3.8) is 0 Å². The number of aromatic nitrogens is 2.